The van der Waals surface area contributed by atoms with Gasteiger partial charge in [-0.2, -0.15) is 21.9 Å². The normalized spacial score (nSPS) is 11.3. The van der Waals surface area contributed by atoms with Crippen molar-refractivity contribution in [3.8, 4) is 0 Å². The molecular weight excluding hydrogens is 474 g/mol. The average Bonchev–Trinajstić information content (AvgIpc) is 2.65. The van der Waals surface area contributed by atoms with Crippen molar-refractivity contribution in [2.24, 2.45) is 0 Å². The van der Waals surface area contributed by atoms with E-state index in [-0.39, 0.29) is 51.4 Å². The maximum absolute atomic E-state index is 14.3. The number of halogens is 8. The van der Waals surface area contributed by atoms with E-state index in [2.05, 4.69) is 0 Å². The van der Waals surface area contributed by atoms with Crippen molar-refractivity contribution in [3.05, 3.63) is 119 Å². The zero-order chi connectivity index (χ0) is 23.9. The molecule has 0 saturated heterocycles. The third-order valence-electron chi connectivity index (χ3n) is 5.54. The predicted octanol–water partition coefficient (Wildman–Crippen LogP) is 3.53. The summed E-state index contributed by atoms with van der Waals surface area (Å²) in [7, 11) is 0. The van der Waals surface area contributed by atoms with Crippen molar-refractivity contribution in [1.29, 1.82) is 0 Å². The molecule has 10 heteroatoms. The van der Waals surface area contributed by atoms with Gasteiger partial charge in [-0.25, -0.2) is 35.1 Å². The van der Waals surface area contributed by atoms with Gasteiger partial charge in [-0.15, -0.1) is 0 Å². The van der Waals surface area contributed by atoms with E-state index >= 15 is 0 Å². The van der Waals surface area contributed by atoms with Gasteiger partial charge in [0.15, 0.2) is 0 Å². The minimum absolute atomic E-state index is 0. The minimum atomic E-state index is -3.29. The van der Waals surface area contributed by atoms with Crippen LogP contribution >= 0.6 is 0 Å². The Kier molecular flexibility index (Phi) is 7.60. The van der Waals surface area contributed by atoms with Crippen LogP contribution in [-0.2, 0) is 0 Å². The van der Waals surface area contributed by atoms with Crippen LogP contribution in [0.15, 0.2) is 72.8 Å². The first kappa shape index (κ1) is 26.0. The van der Waals surface area contributed by atoms with Crippen molar-refractivity contribution in [3.63, 3.8) is 0 Å². The molecule has 0 radical (unpaired) electrons. The summed E-state index contributed by atoms with van der Waals surface area (Å²) in [5.41, 5.74) is -1.42. The fraction of sp³-hybridized carbons (Fsp3) is 0. The van der Waals surface area contributed by atoms with E-state index in [1.54, 1.807) is 0 Å². The second kappa shape index (κ2) is 9.94. The Morgan fingerprint density at radius 1 is 0.294 bits per heavy atom. The Hall–Kier alpha value is -2.62. The molecule has 0 aliphatic rings. The van der Waals surface area contributed by atoms with E-state index < -0.39 is 52.7 Å². The van der Waals surface area contributed by atoms with Gasteiger partial charge in [-0.05, 0) is 0 Å². The molecule has 0 N–H and O–H groups in total. The molecule has 4 aromatic rings. The molecule has 170 valence electrons. The van der Waals surface area contributed by atoms with Gasteiger partial charge in [-0.1, -0.05) is 48.5 Å². The van der Waals surface area contributed by atoms with Crippen LogP contribution in [-0.4, -0.2) is 35.7 Å². The first-order chi connectivity index (χ1) is 15.6. The summed E-state index contributed by atoms with van der Waals surface area (Å²) in [6.07, 6.45) is -3.29. The Morgan fingerprint density at radius 2 is 0.441 bits per heavy atom. The molecule has 0 unspecified atom stereocenters. The molecule has 0 spiro atoms. The van der Waals surface area contributed by atoms with E-state index in [1.807, 2.05) is 0 Å². The van der Waals surface area contributed by atoms with Crippen LogP contribution in [0.3, 0.4) is 0 Å². The first-order valence-corrected chi connectivity index (χ1v) is 9.59. The number of benzene rings is 4. The maximum atomic E-state index is 14.3. The second-order valence-electron chi connectivity index (χ2n) is 7.68. The summed E-state index contributed by atoms with van der Waals surface area (Å²) < 4.78 is 114. The molecule has 0 aliphatic carbocycles. The van der Waals surface area contributed by atoms with Crippen LogP contribution in [0.4, 0.5) is 35.1 Å². The van der Waals surface area contributed by atoms with Crippen molar-refractivity contribution in [1.82, 2.24) is 0 Å². The van der Waals surface area contributed by atoms with Gasteiger partial charge in [0.1, 0.15) is 52.7 Å². The monoisotopic (exact) mass is 487 g/mol. The summed E-state index contributed by atoms with van der Waals surface area (Å²) in [6.45, 7) is 0. The van der Waals surface area contributed by atoms with Gasteiger partial charge < -0.3 is 0 Å². The van der Waals surface area contributed by atoms with Gasteiger partial charge in [0.25, 0.3) is 0 Å². The predicted molar refractivity (Wildman–Crippen MR) is 117 cm³/mol. The van der Waals surface area contributed by atoms with Crippen molar-refractivity contribution in [2.45, 2.75) is 0 Å². The summed E-state index contributed by atoms with van der Waals surface area (Å²) in [5, 5.41) is 0. The molecule has 0 atom stereocenters. The van der Waals surface area contributed by atoms with Crippen LogP contribution in [0.25, 0.3) is 0 Å². The molecular formula is C24H13BF8Na-. The Morgan fingerprint density at radius 3 is 0.588 bits per heavy atom. The molecule has 0 aromatic heterocycles. The zero-order valence-corrected chi connectivity index (χ0v) is 16.5. The SMILES string of the molecule is Fc1cc(F)cc([B-](c2cc(F)cc(F)c2)(c2cc(F)cc(F)c2)c2cc(F)cc(F)c2)c1.[NaH]. The van der Waals surface area contributed by atoms with Crippen molar-refractivity contribution >= 4 is 57.6 Å². The van der Waals surface area contributed by atoms with Gasteiger partial charge in [-0.3, -0.25) is 0 Å². The third-order valence-corrected chi connectivity index (χ3v) is 5.54. The molecule has 4 aromatic carbocycles. The second-order valence-corrected chi connectivity index (χ2v) is 7.68. The van der Waals surface area contributed by atoms with E-state index in [0.717, 1.165) is 48.5 Å². The van der Waals surface area contributed by atoms with E-state index in [0.29, 0.717) is 24.3 Å². The van der Waals surface area contributed by atoms with Gasteiger partial charge in [0.05, 0.1) is 0 Å². The fourth-order valence-corrected chi connectivity index (χ4v) is 4.46. The molecule has 4 rings (SSSR count). The molecule has 0 bridgehead atoms. The van der Waals surface area contributed by atoms with Crippen LogP contribution < -0.4 is 21.9 Å². The molecule has 0 amide bonds. The molecule has 0 aliphatic heterocycles. The van der Waals surface area contributed by atoms with E-state index in [1.165, 1.54) is 0 Å². The third kappa shape index (κ3) is 4.92. The van der Waals surface area contributed by atoms with Gasteiger partial charge in [0.2, 0.25) is 0 Å². The quantitative estimate of drug-likeness (QED) is 0.306. The Balaban J connectivity index is 0.00000324. The average molecular weight is 487 g/mol. The standard InChI is InChI=1S/C24H12BF8.Na.H/c26-17-1-13(2-18(27)9-17)25(14-3-19(28)10-20(29)4-14,15-5-21(30)11-22(31)6-15)16-7-23(32)12-24(33)8-16;;/h1-12H;;/q-1;;. The van der Waals surface area contributed by atoms with Crippen LogP contribution in [0.5, 0.6) is 0 Å². The van der Waals surface area contributed by atoms with E-state index in [4.69, 9.17) is 0 Å². The number of rotatable bonds is 4. The van der Waals surface area contributed by atoms with Crippen molar-refractivity contribution in [2.75, 3.05) is 0 Å². The van der Waals surface area contributed by atoms with Crippen molar-refractivity contribution < 1.29 is 35.1 Å². The number of hydrogen-bond acceptors (Lipinski definition) is 0. The Bertz CT molecular complexity index is 1080. The molecule has 34 heavy (non-hydrogen) atoms. The van der Waals surface area contributed by atoms with Gasteiger partial charge >= 0.3 is 29.6 Å². The summed E-state index contributed by atoms with van der Waals surface area (Å²) in [5.74, 6) is -8.99. The molecule has 0 saturated carbocycles. The Labute approximate surface area is 211 Å². The topological polar surface area (TPSA) is 0 Å². The summed E-state index contributed by atoms with van der Waals surface area (Å²) in [4.78, 5) is 0. The number of hydrogen-bond donors (Lipinski definition) is 0. The zero-order valence-electron chi connectivity index (χ0n) is 16.5. The van der Waals surface area contributed by atoms with Crippen LogP contribution in [0.2, 0.25) is 0 Å². The molecule has 0 heterocycles. The molecule has 0 nitrogen and oxygen atoms in total. The van der Waals surface area contributed by atoms with Crippen LogP contribution in [0, 0.1) is 46.5 Å². The molecule has 0 fully saturated rings. The van der Waals surface area contributed by atoms with Crippen LogP contribution in [0.1, 0.15) is 0 Å². The fourth-order valence-electron chi connectivity index (χ4n) is 4.46. The summed E-state index contributed by atoms with van der Waals surface area (Å²) in [6, 6.07) is 8.24. The van der Waals surface area contributed by atoms with E-state index in [9.17, 15) is 35.1 Å². The summed E-state index contributed by atoms with van der Waals surface area (Å²) >= 11 is 0. The van der Waals surface area contributed by atoms with Gasteiger partial charge in [0, 0.05) is 24.3 Å². The first-order valence-electron chi connectivity index (χ1n) is 9.59.